The van der Waals surface area contributed by atoms with Gasteiger partial charge in [0.1, 0.15) is 0 Å². The maximum absolute atomic E-state index is 5.46. The SMILES string of the molecule is CCOCc1ccc2c(ccc3ccccc32)c1. The highest BCUT2D eigenvalue weighted by atomic mass is 16.5. The molecule has 1 heteroatoms. The predicted octanol–water partition coefficient (Wildman–Crippen LogP) is 4.53. The standard InChI is InChI=1S/C17H16O/c1-2-18-12-13-7-10-17-15(11-13)9-8-14-5-3-4-6-16(14)17/h3-11H,2,12H2,1H3. The van der Waals surface area contributed by atoms with E-state index in [2.05, 4.69) is 54.6 Å². The van der Waals surface area contributed by atoms with Crippen molar-refractivity contribution < 1.29 is 4.74 Å². The number of benzene rings is 3. The Morgan fingerprint density at radius 1 is 0.833 bits per heavy atom. The second kappa shape index (κ2) is 4.79. The molecule has 1 nitrogen and oxygen atoms in total. The van der Waals surface area contributed by atoms with Crippen LogP contribution in [-0.2, 0) is 11.3 Å². The normalized spacial score (nSPS) is 11.2. The van der Waals surface area contributed by atoms with Crippen molar-refractivity contribution in [2.75, 3.05) is 6.61 Å². The molecule has 90 valence electrons. The third-order valence-electron chi connectivity index (χ3n) is 3.28. The van der Waals surface area contributed by atoms with Gasteiger partial charge in [-0.05, 0) is 40.1 Å². The average Bonchev–Trinajstić information content (AvgIpc) is 2.44. The van der Waals surface area contributed by atoms with Gasteiger partial charge in [0.05, 0.1) is 6.61 Å². The van der Waals surface area contributed by atoms with E-state index in [9.17, 15) is 0 Å². The fraction of sp³-hybridized carbons (Fsp3) is 0.176. The minimum absolute atomic E-state index is 0.694. The molecule has 0 aliphatic rings. The maximum atomic E-state index is 5.46. The molecule has 0 amide bonds. The molecule has 3 aromatic carbocycles. The van der Waals surface area contributed by atoms with E-state index < -0.39 is 0 Å². The molecule has 3 rings (SSSR count). The van der Waals surface area contributed by atoms with E-state index in [1.54, 1.807) is 0 Å². The molecule has 18 heavy (non-hydrogen) atoms. The van der Waals surface area contributed by atoms with Gasteiger partial charge in [0.25, 0.3) is 0 Å². The molecule has 0 saturated carbocycles. The van der Waals surface area contributed by atoms with Crippen molar-refractivity contribution in [3.8, 4) is 0 Å². The van der Waals surface area contributed by atoms with Gasteiger partial charge in [-0.2, -0.15) is 0 Å². The van der Waals surface area contributed by atoms with Crippen LogP contribution in [0.2, 0.25) is 0 Å². The third kappa shape index (κ3) is 1.98. The zero-order valence-corrected chi connectivity index (χ0v) is 10.5. The minimum Gasteiger partial charge on any atom is -0.377 e. The second-order valence-electron chi connectivity index (χ2n) is 4.48. The Kier molecular flexibility index (Phi) is 2.99. The summed E-state index contributed by atoms with van der Waals surface area (Å²) in [5.74, 6) is 0. The molecule has 0 aliphatic heterocycles. The van der Waals surface area contributed by atoms with E-state index >= 15 is 0 Å². The zero-order chi connectivity index (χ0) is 12.4. The van der Waals surface area contributed by atoms with Gasteiger partial charge in [-0.1, -0.05) is 48.5 Å². The van der Waals surface area contributed by atoms with Gasteiger partial charge in [-0.3, -0.25) is 0 Å². The van der Waals surface area contributed by atoms with Gasteiger partial charge < -0.3 is 4.74 Å². The van der Waals surface area contributed by atoms with E-state index in [1.165, 1.54) is 27.1 Å². The van der Waals surface area contributed by atoms with Crippen molar-refractivity contribution in [1.82, 2.24) is 0 Å². The lowest BCUT2D eigenvalue weighted by Crippen LogP contribution is -1.91. The van der Waals surface area contributed by atoms with Crippen LogP contribution in [-0.4, -0.2) is 6.61 Å². The van der Waals surface area contributed by atoms with Gasteiger partial charge in [-0.25, -0.2) is 0 Å². The number of hydrogen-bond donors (Lipinski definition) is 0. The minimum atomic E-state index is 0.694. The predicted molar refractivity (Wildman–Crippen MR) is 76.8 cm³/mol. The molecular weight excluding hydrogens is 220 g/mol. The average molecular weight is 236 g/mol. The van der Waals surface area contributed by atoms with Crippen molar-refractivity contribution in [3.63, 3.8) is 0 Å². The van der Waals surface area contributed by atoms with Crippen LogP contribution >= 0.6 is 0 Å². The van der Waals surface area contributed by atoms with Crippen LogP contribution in [0.1, 0.15) is 12.5 Å². The lowest BCUT2D eigenvalue weighted by molar-refractivity contribution is 0.134. The molecule has 0 fully saturated rings. The van der Waals surface area contributed by atoms with Gasteiger partial charge >= 0.3 is 0 Å². The summed E-state index contributed by atoms with van der Waals surface area (Å²) < 4.78 is 5.46. The number of fused-ring (bicyclic) bond motifs is 3. The summed E-state index contributed by atoms with van der Waals surface area (Å²) in [5, 5.41) is 5.21. The smallest absolute Gasteiger partial charge is 0.0716 e. The lowest BCUT2D eigenvalue weighted by Gasteiger charge is -2.06. The molecule has 0 radical (unpaired) electrons. The molecule has 0 atom stereocenters. The Morgan fingerprint density at radius 2 is 1.61 bits per heavy atom. The topological polar surface area (TPSA) is 9.23 Å². The molecule has 0 unspecified atom stereocenters. The van der Waals surface area contributed by atoms with E-state index in [-0.39, 0.29) is 0 Å². The van der Waals surface area contributed by atoms with Crippen LogP contribution in [0, 0.1) is 0 Å². The second-order valence-corrected chi connectivity index (χ2v) is 4.48. The molecule has 0 spiro atoms. The lowest BCUT2D eigenvalue weighted by atomic mass is 10.0. The van der Waals surface area contributed by atoms with Gasteiger partial charge in [-0.15, -0.1) is 0 Å². The van der Waals surface area contributed by atoms with E-state index in [0.717, 1.165) is 6.61 Å². The van der Waals surface area contributed by atoms with Crippen molar-refractivity contribution in [1.29, 1.82) is 0 Å². The summed E-state index contributed by atoms with van der Waals surface area (Å²) in [7, 11) is 0. The summed E-state index contributed by atoms with van der Waals surface area (Å²) in [6.07, 6.45) is 0. The summed E-state index contributed by atoms with van der Waals surface area (Å²) in [6.45, 7) is 3.48. The van der Waals surface area contributed by atoms with Crippen LogP contribution in [0.5, 0.6) is 0 Å². The van der Waals surface area contributed by atoms with Gasteiger partial charge in [0.15, 0.2) is 0 Å². The van der Waals surface area contributed by atoms with Crippen molar-refractivity contribution >= 4 is 21.5 Å². The summed E-state index contributed by atoms with van der Waals surface area (Å²) >= 11 is 0. The Bertz CT molecular complexity index is 685. The Morgan fingerprint density at radius 3 is 2.50 bits per heavy atom. The first-order valence-corrected chi connectivity index (χ1v) is 6.36. The quantitative estimate of drug-likeness (QED) is 0.607. The molecule has 3 aromatic rings. The Balaban J connectivity index is 2.15. The monoisotopic (exact) mass is 236 g/mol. The first-order valence-electron chi connectivity index (χ1n) is 6.36. The molecular formula is C17H16O. The third-order valence-corrected chi connectivity index (χ3v) is 3.28. The van der Waals surface area contributed by atoms with Crippen LogP contribution in [0.25, 0.3) is 21.5 Å². The molecule has 0 aliphatic carbocycles. The van der Waals surface area contributed by atoms with E-state index in [1.807, 2.05) is 6.92 Å². The molecule has 0 aromatic heterocycles. The van der Waals surface area contributed by atoms with Crippen molar-refractivity contribution in [2.45, 2.75) is 13.5 Å². The summed E-state index contributed by atoms with van der Waals surface area (Å²) in [5.41, 5.74) is 1.24. The highest BCUT2D eigenvalue weighted by Gasteiger charge is 2.01. The summed E-state index contributed by atoms with van der Waals surface area (Å²) in [4.78, 5) is 0. The molecule has 0 saturated heterocycles. The highest BCUT2D eigenvalue weighted by Crippen LogP contribution is 2.26. The number of rotatable bonds is 3. The van der Waals surface area contributed by atoms with E-state index in [4.69, 9.17) is 4.74 Å². The van der Waals surface area contributed by atoms with Crippen molar-refractivity contribution in [3.05, 3.63) is 60.2 Å². The maximum Gasteiger partial charge on any atom is 0.0716 e. The van der Waals surface area contributed by atoms with Crippen LogP contribution in [0.15, 0.2) is 54.6 Å². The van der Waals surface area contributed by atoms with E-state index in [0.29, 0.717) is 6.61 Å². The number of ether oxygens (including phenoxy) is 1. The molecule has 0 bridgehead atoms. The highest BCUT2D eigenvalue weighted by molar-refractivity contribution is 6.07. The van der Waals surface area contributed by atoms with Crippen LogP contribution < -0.4 is 0 Å². The van der Waals surface area contributed by atoms with Gasteiger partial charge in [0.2, 0.25) is 0 Å². The number of hydrogen-bond acceptors (Lipinski definition) is 1. The zero-order valence-electron chi connectivity index (χ0n) is 10.5. The van der Waals surface area contributed by atoms with Crippen LogP contribution in [0.4, 0.5) is 0 Å². The molecule has 0 heterocycles. The first-order chi connectivity index (χ1) is 8.88. The summed E-state index contributed by atoms with van der Waals surface area (Å²) in [6, 6.07) is 19.5. The fourth-order valence-corrected chi connectivity index (χ4v) is 2.37. The Hall–Kier alpha value is -1.86. The Labute approximate surface area is 107 Å². The van der Waals surface area contributed by atoms with Crippen molar-refractivity contribution in [2.24, 2.45) is 0 Å². The fourth-order valence-electron chi connectivity index (χ4n) is 2.37. The van der Waals surface area contributed by atoms with Crippen LogP contribution in [0.3, 0.4) is 0 Å². The largest absolute Gasteiger partial charge is 0.377 e. The molecule has 0 N–H and O–H groups in total. The van der Waals surface area contributed by atoms with Gasteiger partial charge in [0, 0.05) is 6.61 Å². The first kappa shape index (κ1) is 11.2.